The molecule has 92 valence electrons. The van der Waals surface area contributed by atoms with Crippen LogP contribution in [0.5, 0.6) is 0 Å². The van der Waals surface area contributed by atoms with Gasteiger partial charge in [-0.1, -0.05) is 6.92 Å². The maximum Gasteiger partial charge on any atom is 0.0625 e. The van der Waals surface area contributed by atoms with Crippen LogP contribution in [-0.4, -0.2) is 39.5 Å². The zero-order valence-corrected chi connectivity index (χ0v) is 10.9. The Hall–Kier alpha value is -0.120. The number of methoxy groups -OCH3 is 2. The lowest BCUT2D eigenvalue weighted by Gasteiger charge is -2.26. The summed E-state index contributed by atoms with van der Waals surface area (Å²) in [5.41, 5.74) is -0.00632. The molecule has 3 nitrogen and oxygen atoms in total. The Labute approximate surface area is 94.5 Å². The molecule has 0 bridgehead atoms. The van der Waals surface area contributed by atoms with E-state index in [0.29, 0.717) is 5.92 Å². The minimum atomic E-state index is -0.00632. The molecule has 15 heavy (non-hydrogen) atoms. The predicted molar refractivity (Wildman–Crippen MR) is 64.2 cm³/mol. The van der Waals surface area contributed by atoms with E-state index in [-0.39, 0.29) is 5.60 Å². The number of ether oxygens (including phenoxy) is 2. The van der Waals surface area contributed by atoms with Gasteiger partial charge in [0.2, 0.25) is 0 Å². The number of nitrogens with one attached hydrogen (secondary N) is 1. The lowest BCUT2D eigenvalue weighted by atomic mass is 9.94. The Kier molecular flexibility index (Phi) is 8.02. The van der Waals surface area contributed by atoms with E-state index >= 15 is 0 Å². The van der Waals surface area contributed by atoms with Gasteiger partial charge in [0.25, 0.3) is 0 Å². The van der Waals surface area contributed by atoms with E-state index in [0.717, 1.165) is 32.5 Å². The van der Waals surface area contributed by atoms with Crippen molar-refractivity contribution >= 4 is 0 Å². The van der Waals surface area contributed by atoms with Gasteiger partial charge in [0.15, 0.2) is 0 Å². The molecule has 0 aliphatic heterocycles. The van der Waals surface area contributed by atoms with Gasteiger partial charge in [0.05, 0.1) is 5.60 Å². The van der Waals surface area contributed by atoms with Crippen molar-refractivity contribution in [2.24, 2.45) is 5.92 Å². The molecule has 0 aliphatic rings. The van der Waals surface area contributed by atoms with Gasteiger partial charge in [0.1, 0.15) is 0 Å². The van der Waals surface area contributed by atoms with Crippen LogP contribution in [0.15, 0.2) is 0 Å². The van der Waals surface area contributed by atoms with Gasteiger partial charge in [-0.2, -0.15) is 0 Å². The quantitative estimate of drug-likeness (QED) is 0.600. The van der Waals surface area contributed by atoms with E-state index < -0.39 is 0 Å². The second kappa shape index (κ2) is 8.08. The maximum absolute atomic E-state index is 5.41. The van der Waals surface area contributed by atoms with Crippen molar-refractivity contribution in [3.63, 3.8) is 0 Å². The summed E-state index contributed by atoms with van der Waals surface area (Å²) >= 11 is 0. The molecule has 0 fully saturated rings. The van der Waals surface area contributed by atoms with Gasteiger partial charge >= 0.3 is 0 Å². The molecule has 3 heteroatoms. The van der Waals surface area contributed by atoms with Crippen molar-refractivity contribution in [1.29, 1.82) is 0 Å². The highest BCUT2D eigenvalue weighted by Gasteiger charge is 2.19. The molecule has 0 aromatic carbocycles. The van der Waals surface area contributed by atoms with Gasteiger partial charge < -0.3 is 14.8 Å². The van der Waals surface area contributed by atoms with Gasteiger partial charge in [-0.25, -0.2) is 0 Å². The average Bonchev–Trinajstić information content (AvgIpc) is 2.17. The van der Waals surface area contributed by atoms with Crippen molar-refractivity contribution in [2.45, 2.75) is 39.2 Å². The Morgan fingerprint density at radius 3 is 2.47 bits per heavy atom. The third kappa shape index (κ3) is 8.85. The minimum Gasteiger partial charge on any atom is -0.385 e. The topological polar surface area (TPSA) is 30.5 Å². The van der Waals surface area contributed by atoms with Crippen molar-refractivity contribution < 1.29 is 9.47 Å². The van der Waals surface area contributed by atoms with Crippen molar-refractivity contribution in [1.82, 2.24) is 5.32 Å². The second-order valence-electron chi connectivity index (χ2n) is 4.82. The smallest absolute Gasteiger partial charge is 0.0625 e. The Morgan fingerprint density at radius 2 is 1.93 bits per heavy atom. The first-order valence-electron chi connectivity index (χ1n) is 5.76. The summed E-state index contributed by atoms with van der Waals surface area (Å²) in [7, 11) is 3.52. The molecule has 0 heterocycles. The van der Waals surface area contributed by atoms with Crippen LogP contribution in [-0.2, 0) is 9.47 Å². The van der Waals surface area contributed by atoms with Gasteiger partial charge in [0, 0.05) is 20.8 Å². The van der Waals surface area contributed by atoms with E-state index in [1.165, 1.54) is 0 Å². The third-order valence-corrected chi connectivity index (χ3v) is 2.59. The largest absolute Gasteiger partial charge is 0.385 e. The molecule has 0 spiro atoms. The highest BCUT2D eigenvalue weighted by molar-refractivity contribution is 4.72. The van der Waals surface area contributed by atoms with Gasteiger partial charge in [-0.15, -0.1) is 0 Å². The first kappa shape index (κ1) is 14.9. The van der Waals surface area contributed by atoms with E-state index in [1.807, 2.05) is 0 Å². The zero-order chi connectivity index (χ0) is 11.7. The van der Waals surface area contributed by atoms with Gasteiger partial charge in [-0.3, -0.25) is 0 Å². The summed E-state index contributed by atoms with van der Waals surface area (Å²) < 4.78 is 10.4. The van der Waals surface area contributed by atoms with Crippen LogP contribution in [0.1, 0.15) is 33.6 Å². The fraction of sp³-hybridized carbons (Fsp3) is 1.00. The lowest BCUT2D eigenvalue weighted by molar-refractivity contribution is 0.00393. The summed E-state index contributed by atoms with van der Waals surface area (Å²) in [6.45, 7) is 9.44. The second-order valence-corrected chi connectivity index (χ2v) is 4.82. The standard InChI is InChI=1S/C12H27NO2/c1-11(9-12(2,3)15-5)10-13-7-6-8-14-4/h11,13H,6-10H2,1-5H3. The number of hydrogen-bond donors (Lipinski definition) is 1. The molecule has 0 aliphatic carbocycles. The molecule has 1 N–H and O–H groups in total. The first-order chi connectivity index (χ1) is 7.02. The molecular formula is C12H27NO2. The van der Waals surface area contributed by atoms with Crippen LogP contribution in [0, 0.1) is 5.92 Å². The molecule has 0 rings (SSSR count). The molecule has 0 amide bonds. The van der Waals surface area contributed by atoms with Crippen LogP contribution in [0.4, 0.5) is 0 Å². The highest BCUT2D eigenvalue weighted by Crippen LogP contribution is 2.18. The van der Waals surface area contributed by atoms with Crippen LogP contribution >= 0.6 is 0 Å². The Balaban J connectivity index is 3.45. The summed E-state index contributed by atoms with van der Waals surface area (Å²) in [6, 6.07) is 0. The van der Waals surface area contributed by atoms with Crippen LogP contribution in [0.25, 0.3) is 0 Å². The molecule has 0 aromatic heterocycles. The summed E-state index contributed by atoms with van der Waals surface area (Å²) in [4.78, 5) is 0. The SMILES string of the molecule is COCCCNCC(C)CC(C)(C)OC. The molecule has 0 saturated carbocycles. The fourth-order valence-electron chi connectivity index (χ4n) is 1.68. The van der Waals surface area contributed by atoms with E-state index in [2.05, 4.69) is 26.1 Å². The minimum absolute atomic E-state index is 0.00632. The molecular weight excluding hydrogens is 190 g/mol. The molecule has 1 atom stereocenters. The Morgan fingerprint density at radius 1 is 1.27 bits per heavy atom. The van der Waals surface area contributed by atoms with Crippen molar-refractivity contribution in [3.8, 4) is 0 Å². The maximum atomic E-state index is 5.41. The van der Waals surface area contributed by atoms with Crippen molar-refractivity contribution in [2.75, 3.05) is 33.9 Å². The van der Waals surface area contributed by atoms with Crippen molar-refractivity contribution in [3.05, 3.63) is 0 Å². The van der Waals surface area contributed by atoms with E-state index in [9.17, 15) is 0 Å². The summed E-state index contributed by atoms with van der Waals surface area (Å²) in [5, 5.41) is 3.43. The number of rotatable bonds is 9. The van der Waals surface area contributed by atoms with Crippen LogP contribution in [0.2, 0.25) is 0 Å². The monoisotopic (exact) mass is 217 g/mol. The summed E-state index contributed by atoms with van der Waals surface area (Å²) in [6.07, 6.45) is 2.16. The molecule has 1 unspecified atom stereocenters. The van der Waals surface area contributed by atoms with Gasteiger partial charge in [-0.05, 0) is 45.7 Å². The lowest BCUT2D eigenvalue weighted by Crippen LogP contribution is -2.31. The normalized spacial score (nSPS) is 14.2. The van der Waals surface area contributed by atoms with Crippen LogP contribution in [0.3, 0.4) is 0 Å². The molecule has 0 saturated heterocycles. The summed E-state index contributed by atoms with van der Waals surface area (Å²) in [5.74, 6) is 0.641. The average molecular weight is 217 g/mol. The van der Waals surface area contributed by atoms with E-state index in [4.69, 9.17) is 9.47 Å². The van der Waals surface area contributed by atoms with Crippen LogP contribution < -0.4 is 5.32 Å². The highest BCUT2D eigenvalue weighted by atomic mass is 16.5. The number of hydrogen-bond acceptors (Lipinski definition) is 3. The molecule has 0 radical (unpaired) electrons. The zero-order valence-electron chi connectivity index (χ0n) is 10.9. The van der Waals surface area contributed by atoms with E-state index in [1.54, 1.807) is 14.2 Å². The predicted octanol–water partition coefficient (Wildman–Crippen LogP) is 2.06. The third-order valence-electron chi connectivity index (χ3n) is 2.59. The first-order valence-corrected chi connectivity index (χ1v) is 5.76. The fourth-order valence-corrected chi connectivity index (χ4v) is 1.68. The Bertz CT molecular complexity index is 149. The molecule has 0 aromatic rings.